The van der Waals surface area contributed by atoms with Crippen molar-refractivity contribution in [2.75, 3.05) is 12.4 Å². The first-order valence-corrected chi connectivity index (χ1v) is 8.98. The minimum Gasteiger partial charge on any atom is -0.380 e. The van der Waals surface area contributed by atoms with Crippen LogP contribution in [0, 0.1) is 0 Å². The number of hydrogen-bond donors (Lipinski definition) is 1. The quantitative estimate of drug-likeness (QED) is 0.834. The molecule has 0 bridgehead atoms. The second kappa shape index (κ2) is 6.23. The molecule has 22 heavy (non-hydrogen) atoms. The van der Waals surface area contributed by atoms with E-state index in [1.165, 1.54) is 5.57 Å². The molecule has 0 amide bonds. The molecule has 3 heteroatoms. The van der Waals surface area contributed by atoms with E-state index in [1.54, 1.807) is 0 Å². The van der Waals surface area contributed by atoms with Gasteiger partial charge in [-0.3, -0.25) is 0 Å². The standard InChI is InChI=1S/C19H24O2S/c1-3-11-18(20,16-8-5-4-6-9-16)17-10-7-12-19(15(17)2)21-13-14-22-19/h3-6,8-9,20H,1,7,10-14H2,2H3. The van der Waals surface area contributed by atoms with Gasteiger partial charge in [0.05, 0.1) is 6.61 Å². The summed E-state index contributed by atoms with van der Waals surface area (Å²) in [7, 11) is 0. The summed E-state index contributed by atoms with van der Waals surface area (Å²) in [5.74, 6) is 1.04. The summed E-state index contributed by atoms with van der Waals surface area (Å²) >= 11 is 1.89. The number of hydrogen-bond acceptors (Lipinski definition) is 3. The summed E-state index contributed by atoms with van der Waals surface area (Å²) in [6.45, 7) is 6.81. The molecule has 1 spiro atoms. The van der Waals surface area contributed by atoms with Crippen LogP contribution in [0.25, 0.3) is 0 Å². The van der Waals surface area contributed by atoms with Crippen LogP contribution in [0.3, 0.4) is 0 Å². The average molecular weight is 316 g/mol. The third kappa shape index (κ3) is 2.55. The lowest BCUT2D eigenvalue weighted by Gasteiger charge is -2.41. The highest BCUT2D eigenvalue weighted by Crippen LogP contribution is 2.51. The van der Waals surface area contributed by atoms with E-state index in [0.717, 1.165) is 42.8 Å². The highest BCUT2D eigenvalue weighted by atomic mass is 32.2. The molecule has 0 aromatic heterocycles. The maximum Gasteiger partial charge on any atom is 0.135 e. The summed E-state index contributed by atoms with van der Waals surface area (Å²) in [5.41, 5.74) is 2.32. The van der Waals surface area contributed by atoms with Gasteiger partial charge in [0.2, 0.25) is 0 Å². The van der Waals surface area contributed by atoms with E-state index in [1.807, 2.05) is 48.2 Å². The molecule has 1 saturated heterocycles. The van der Waals surface area contributed by atoms with Crippen LogP contribution in [-0.4, -0.2) is 22.4 Å². The smallest absolute Gasteiger partial charge is 0.135 e. The molecule has 1 aliphatic carbocycles. The van der Waals surface area contributed by atoms with Crippen molar-refractivity contribution in [2.24, 2.45) is 0 Å². The van der Waals surface area contributed by atoms with E-state index in [-0.39, 0.29) is 4.93 Å². The highest BCUT2D eigenvalue weighted by molar-refractivity contribution is 8.00. The lowest BCUT2D eigenvalue weighted by atomic mass is 9.75. The maximum atomic E-state index is 11.5. The molecule has 3 rings (SSSR count). The predicted molar refractivity (Wildman–Crippen MR) is 92.8 cm³/mol. The summed E-state index contributed by atoms with van der Waals surface area (Å²) in [6, 6.07) is 9.97. The molecule has 1 aliphatic heterocycles. The number of rotatable bonds is 4. The molecule has 2 aliphatic rings. The van der Waals surface area contributed by atoms with Crippen LogP contribution in [0.4, 0.5) is 0 Å². The summed E-state index contributed by atoms with van der Waals surface area (Å²) in [5, 5.41) is 11.5. The van der Waals surface area contributed by atoms with E-state index in [9.17, 15) is 5.11 Å². The van der Waals surface area contributed by atoms with Crippen LogP contribution in [-0.2, 0) is 10.3 Å². The van der Waals surface area contributed by atoms with Crippen molar-refractivity contribution in [3.05, 3.63) is 59.7 Å². The first kappa shape index (κ1) is 15.9. The van der Waals surface area contributed by atoms with E-state index in [4.69, 9.17) is 4.74 Å². The van der Waals surface area contributed by atoms with Gasteiger partial charge in [0.15, 0.2) is 0 Å². The Labute approximate surface area is 137 Å². The number of benzene rings is 1. The van der Waals surface area contributed by atoms with Crippen LogP contribution in [0.5, 0.6) is 0 Å². The van der Waals surface area contributed by atoms with E-state index in [2.05, 4.69) is 13.5 Å². The van der Waals surface area contributed by atoms with Gasteiger partial charge in [-0.25, -0.2) is 0 Å². The van der Waals surface area contributed by atoms with Gasteiger partial charge in [-0.15, -0.1) is 18.3 Å². The number of ether oxygens (including phenoxy) is 1. The highest BCUT2D eigenvalue weighted by Gasteiger charge is 2.45. The Morgan fingerprint density at radius 1 is 1.41 bits per heavy atom. The fourth-order valence-corrected chi connectivity index (χ4v) is 5.06. The molecule has 1 fully saturated rings. The van der Waals surface area contributed by atoms with Gasteiger partial charge in [-0.1, -0.05) is 36.4 Å². The summed E-state index contributed by atoms with van der Waals surface area (Å²) in [6.07, 6.45) is 5.39. The Bertz CT molecular complexity index is 572. The zero-order valence-electron chi connectivity index (χ0n) is 13.2. The SMILES string of the molecule is C=CCC(O)(C1=C(C)C2(CCC1)OCCS2)c1ccccc1. The van der Waals surface area contributed by atoms with Crippen molar-refractivity contribution < 1.29 is 9.84 Å². The van der Waals surface area contributed by atoms with Crippen LogP contribution in [0.2, 0.25) is 0 Å². The second-order valence-corrected chi connectivity index (χ2v) is 7.48. The van der Waals surface area contributed by atoms with Crippen LogP contribution >= 0.6 is 11.8 Å². The topological polar surface area (TPSA) is 29.5 Å². The summed E-state index contributed by atoms with van der Waals surface area (Å²) in [4.78, 5) is -0.211. The third-order valence-corrected chi connectivity index (χ3v) is 6.37. The molecule has 2 unspecified atom stereocenters. The fraction of sp³-hybridized carbons (Fsp3) is 0.474. The Morgan fingerprint density at radius 3 is 2.82 bits per heavy atom. The van der Waals surface area contributed by atoms with Gasteiger partial charge in [-0.2, -0.15) is 0 Å². The van der Waals surface area contributed by atoms with Crippen LogP contribution in [0.15, 0.2) is 54.1 Å². The van der Waals surface area contributed by atoms with Gasteiger partial charge < -0.3 is 9.84 Å². The molecule has 1 heterocycles. The molecular formula is C19H24O2S. The van der Waals surface area contributed by atoms with E-state index in [0.29, 0.717) is 6.42 Å². The molecule has 118 valence electrons. The lowest BCUT2D eigenvalue weighted by Crippen LogP contribution is -2.37. The van der Waals surface area contributed by atoms with Crippen molar-refractivity contribution >= 4 is 11.8 Å². The zero-order valence-corrected chi connectivity index (χ0v) is 14.0. The molecule has 2 nitrogen and oxygen atoms in total. The fourth-order valence-electron chi connectivity index (χ4n) is 3.77. The molecule has 1 aromatic rings. The predicted octanol–water partition coefficient (Wildman–Crippen LogP) is 4.41. The van der Waals surface area contributed by atoms with Gasteiger partial charge in [0.1, 0.15) is 10.5 Å². The monoisotopic (exact) mass is 316 g/mol. The second-order valence-electron chi connectivity index (χ2n) is 6.13. The van der Waals surface area contributed by atoms with Crippen molar-refractivity contribution in [3.63, 3.8) is 0 Å². The maximum absolute atomic E-state index is 11.5. The Morgan fingerprint density at radius 2 is 2.18 bits per heavy atom. The third-order valence-electron chi connectivity index (χ3n) is 4.90. The average Bonchev–Trinajstić information content (AvgIpc) is 3.01. The number of thioether (sulfide) groups is 1. The van der Waals surface area contributed by atoms with E-state index >= 15 is 0 Å². The molecule has 1 N–H and O–H groups in total. The van der Waals surface area contributed by atoms with Gasteiger partial charge in [0, 0.05) is 12.2 Å². The molecule has 0 saturated carbocycles. The van der Waals surface area contributed by atoms with Gasteiger partial charge in [-0.05, 0) is 42.9 Å². The van der Waals surface area contributed by atoms with Crippen LogP contribution in [0.1, 0.15) is 38.2 Å². The van der Waals surface area contributed by atoms with Gasteiger partial charge >= 0.3 is 0 Å². The van der Waals surface area contributed by atoms with Crippen LogP contribution < -0.4 is 0 Å². The minimum absolute atomic E-state index is 0.211. The summed E-state index contributed by atoms with van der Waals surface area (Å²) < 4.78 is 6.10. The molecular weight excluding hydrogens is 292 g/mol. The van der Waals surface area contributed by atoms with Crippen molar-refractivity contribution in [1.29, 1.82) is 0 Å². The lowest BCUT2D eigenvalue weighted by molar-refractivity contribution is 0.0409. The molecule has 1 aromatic carbocycles. The zero-order chi connectivity index (χ0) is 15.6. The van der Waals surface area contributed by atoms with E-state index < -0.39 is 5.60 Å². The first-order valence-electron chi connectivity index (χ1n) is 8.00. The first-order chi connectivity index (χ1) is 10.6. The Kier molecular flexibility index (Phi) is 4.49. The largest absolute Gasteiger partial charge is 0.380 e. The minimum atomic E-state index is -0.965. The Hall–Kier alpha value is -1.03. The van der Waals surface area contributed by atoms with Crippen molar-refractivity contribution in [1.82, 2.24) is 0 Å². The van der Waals surface area contributed by atoms with Crippen molar-refractivity contribution in [2.45, 2.75) is 43.1 Å². The van der Waals surface area contributed by atoms with Crippen molar-refractivity contribution in [3.8, 4) is 0 Å². The molecule has 0 radical (unpaired) electrons. The molecule has 2 atom stereocenters. The normalized spacial score (nSPS) is 27.9. The Balaban J connectivity index is 2.09. The number of aliphatic hydroxyl groups is 1. The van der Waals surface area contributed by atoms with Gasteiger partial charge in [0.25, 0.3) is 0 Å².